The molecule has 0 bridgehead atoms. The Kier molecular flexibility index (Phi) is 4.11. The molecule has 2 atom stereocenters. The Morgan fingerprint density at radius 1 is 1.42 bits per heavy atom. The minimum absolute atomic E-state index is 0.602. The lowest BCUT2D eigenvalue weighted by atomic mass is 9.98. The average molecular weight is 180 g/mol. The SMILES string of the molecule is O=C(O)[C@@](O)(CO)C[C@@H](O)CO. The number of hydrogen-bond acceptors (Lipinski definition) is 5. The van der Waals surface area contributed by atoms with Gasteiger partial charge in [0.2, 0.25) is 0 Å². The summed E-state index contributed by atoms with van der Waals surface area (Å²) in [6.07, 6.45) is -1.95. The first-order valence-corrected chi connectivity index (χ1v) is 3.32. The van der Waals surface area contributed by atoms with Crippen molar-refractivity contribution in [3.63, 3.8) is 0 Å². The van der Waals surface area contributed by atoms with Gasteiger partial charge in [0, 0.05) is 6.42 Å². The van der Waals surface area contributed by atoms with Gasteiger partial charge in [-0.15, -0.1) is 0 Å². The number of hydrogen-bond donors (Lipinski definition) is 5. The van der Waals surface area contributed by atoms with E-state index in [-0.39, 0.29) is 0 Å². The molecule has 0 unspecified atom stereocenters. The van der Waals surface area contributed by atoms with Crippen LogP contribution in [-0.2, 0) is 4.79 Å². The van der Waals surface area contributed by atoms with Gasteiger partial charge in [-0.2, -0.15) is 0 Å². The van der Waals surface area contributed by atoms with Gasteiger partial charge in [0.1, 0.15) is 0 Å². The number of rotatable bonds is 5. The van der Waals surface area contributed by atoms with E-state index < -0.39 is 37.3 Å². The van der Waals surface area contributed by atoms with Crippen LogP contribution in [0.3, 0.4) is 0 Å². The molecule has 0 spiro atoms. The van der Waals surface area contributed by atoms with Crippen molar-refractivity contribution in [2.45, 2.75) is 18.1 Å². The summed E-state index contributed by atoms with van der Waals surface area (Å²) < 4.78 is 0. The highest BCUT2D eigenvalue weighted by atomic mass is 16.4. The van der Waals surface area contributed by atoms with Crippen LogP contribution in [0.15, 0.2) is 0 Å². The summed E-state index contributed by atoms with van der Waals surface area (Å²) in [5, 5.41) is 43.1. The van der Waals surface area contributed by atoms with Crippen LogP contribution in [0.4, 0.5) is 0 Å². The molecule has 0 fully saturated rings. The predicted molar refractivity (Wildman–Crippen MR) is 37.4 cm³/mol. The predicted octanol–water partition coefficient (Wildman–Crippen LogP) is -2.46. The summed E-state index contributed by atoms with van der Waals surface area (Å²) in [6.45, 7) is -1.66. The molecule has 0 radical (unpaired) electrons. The molecule has 0 aromatic heterocycles. The summed E-state index contributed by atoms with van der Waals surface area (Å²) >= 11 is 0. The zero-order valence-corrected chi connectivity index (χ0v) is 6.34. The van der Waals surface area contributed by atoms with Gasteiger partial charge in [-0.05, 0) is 0 Å². The first kappa shape index (κ1) is 11.3. The van der Waals surface area contributed by atoms with Crippen LogP contribution in [0.1, 0.15) is 6.42 Å². The summed E-state index contributed by atoms with van der Waals surface area (Å²) in [7, 11) is 0. The van der Waals surface area contributed by atoms with E-state index in [2.05, 4.69) is 0 Å². The molecule has 0 saturated carbocycles. The molecular weight excluding hydrogens is 168 g/mol. The second-order valence-electron chi connectivity index (χ2n) is 2.54. The fourth-order valence-corrected chi connectivity index (χ4v) is 0.674. The number of aliphatic hydroxyl groups excluding tert-OH is 3. The average Bonchev–Trinajstić information content (AvgIpc) is 2.03. The molecular formula is C6H12O6. The second-order valence-corrected chi connectivity index (χ2v) is 2.54. The van der Waals surface area contributed by atoms with Crippen molar-refractivity contribution in [1.29, 1.82) is 0 Å². The van der Waals surface area contributed by atoms with Crippen LogP contribution in [0.5, 0.6) is 0 Å². The van der Waals surface area contributed by atoms with Crippen molar-refractivity contribution in [2.24, 2.45) is 0 Å². The smallest absolute Gasteiger partial charge is 0.338 e. The van der Waals surface area contributed by atoms with Crippen molar-refractivity contribution < 1.29 is 30.3 Å². The highest BCUT2D eigenvalue weighted by Crippen LogP contribution is 2.12. The molecule has 0 aliphatic rings. The Morgan fingerprint density at radius 3 is 2.17 bits per heavy atom. The molecule has 12 heavy (non-hydrogen) atoms. The standard InChI is InChI=1S/C6H12O6/c7-2-4(9)1-6(12,3-8)5(10)11/h4,7-9,12H,1-3H2,(H,10,11)/t4-,6+/m1/s1. The maximum absolute atomic E-state index is 10.3. The molecule has 0 amide bonds. The third-order valence-corrected chi connectivity index (χ3v) is 1.44. The number of aliphatic hydroxyl groups is 4. The van der Waals surface area contributed by atoms with Crippen LogP contribution < -0.4 is 0 Å². The minimum Gasteiger partial charge on any atom is -0.479 e. The molecule has 6 heteroatoms. The zero-order valence-electron chi connectivity index (χ0n) is 6.34. The second kappa shape index (κ2) is 4.36. The van der Waals surface area contributed by atoms with Crippen LogP contribution in [-0.4, -0.2) is 56.4 Å². The first-order chi connectivity index (χ1) is 5.46. The minimum atomic E-state index is -2.37. The fourth-order valence-electron chi connectivity index (χ4n) is 0.674. The molecule has 0 aromatic carbocycles. The Hall–Kier alpha value is -0.690. The van der Waals surface area contributed by atoms with Crippen molar-refractivity contribution >= 4 is 5.97 Å². The topological polar surface area (TPSA) is 118 Å². The van der Waals surface area contributed by atoms with E-state index in [1.54, 1.807) is 0 Å². The molecule has 0 aliphatic carbocycles. The van der Waals surface area contributed by atoms with Crippen LogP contribution in [0, 0.1) is 0 Å². The Labute approximate surface area is 68.7 Å². The molecule has 0 saturated heterocycles. The third-order valence-electron chi connectivity index (χ3n) is 1.44. The summed E-state index contributed by atoms with van der Waals surface area (Å²) in [6, 6.07) is 0. The van der Waals surface area contributed by atoms with Gasteiger partial charge >= 0.3 is 5.97 Å². The van der Waals surface area contributed by atoms with E-state index in [1.165, 1.54) is 0 Å². The Bertz CT molecular complexity index is 158. The van der Waals surface area contributed by atoms with Crippen LogP contribution >= 0.6 is 0 Å². The van der Waals surface area contributed by atoms with Gasteiger partial charge in [-0.25, -0.2) is 4.79 Å². The molecule has 6 nitrogen and oxygen atoms in total. The number of aliphatic carboxylic acids is 1. The highest BCUT2D eigenvalue weighted by Gasteiger charge is 2.37. The van der Waals surface area contributed by atoms with E-state index in [4.69, 9.17) is 25.5 Å². The van der Waals surface area contributed by atoms with E-state index in [0.717, 1.165) is 0 Å². The van der Waals surface area contributed by atoms with Gasteiger partial charge in [0.15, 0.2) is 5.60 Å². The maximum atomic E-state index is 10.3. The monoisotopic (exact) mass is 180 g/mol. The maximum Gasteiger partial charge on any atom is 0.338 e. The molecule has 0 rings (SSSR count). The molecule has 72 valence electrons. The van der Waals surface area contributed by atoms with E-state index >= 15 is 0 Å². The fraction of sp³-hybridized carbons (Fsp3) is 0.833. The van der Waals surface area contributed by atoms with E-state index in [9.17, 15) is 4.79 Å². The van der Waals surface area contributed by atoms with Gasteiger partial charge in [-0.3, -0.25) is 0 Å². The van der Waals surface area contributed by atoms with Gasteiger partial charge in [-0.1, -0.05) is 0 Å². The molecule has 0 aliphatic heterocycles. The largest absolute Gasteiger partial charge is 0.479 e. The third kappa shape index (κ3) is 2.74. The van der Waals surface area contributed by atoms with Crippen molar-refractivity contribution in [1.82, 2.24) is 0 Å². The first-order valence-electron chi connectivity index (χ1n) is 3.32. The van der Waals surface area contributed by atoms with Crippen molar-refractivity contribution in [3.8, 4) is 0 Å². The lowest BCUT2D eigenvalue weighted by Crippen LogP contribution is -2.45. The molecule has 5 N–H and O–H groups in total. The quantitative estimate of drug-likeness (QED) is 0.320. The number of carbonyl (C=O) groups is 1. The number of carboxylic acids is 1. The molecule has 0 aromatic rings. The van der Waals surface area contributed by atoms with Gasteiger partial charge < -0.3 is 25.5 Å². The number of carboxylic acid groups (broad SMARTS) is 1. The van der Waals surface area contributed by atoms with E-state index in [0.29, 0.717) is 0 Å². The normalized spacial score (nSPS) is 18.3. The summed E-state index contributed by atoms with van der Waals surface area (Å²) in [4.78, 5) is 10.3. The van der Waals surface area contributed by atoms with E-state index in [1.807, 2.05) is 0 Å². The lowest BCUT2D eigenvalue weighted by molar-refractivity contribution is -0.167. The Balaban J connectivity index is 4.23. The lowest BCUT2D eigenvalue weighted by Gasteiger charge is -2.22. The zero-order chi connectivity index (χ0) is 9.78. The summed E-state index contributed by atoms with van der Waals surface area (Å²) in [5.74, 6) is -1.63. The van der Waals surface area contributed by atoms with Crippen molar-refractivity contribution in [2.75, 3.05) is 13.2 Å². The van der Waals surface area contributed by atoms with Crippen LogP contribution in [0.25, 0.3) is 0 Å². The van der Waals surface area contributed by atoms with Gasteiger partial charge in [0.25, 0.3) is 0 Å². The van der Waals surface area contributed by atoms with Gasteiger partial charge in [0.05, 0.1) is 19.3 Å². The molecule has 0 heterocycles. The summed E-state index contributed by atoms with van der Waals surface area (Å²) in [5.41, 5.74) is -2.37. The Morgan fingerprint density at radius 2 is 1.92 bits per heavy atom. The van der Waals surface area contributed by atoms with Crippen LogP contribution in [0.2, 0.25) is 0 Å². The van der Waals surface area contributed by atoms with Crippen molar-refractivity contribution in [3.05, 3.63) is 0 Å². The highest BCUT2D eigenvalue weighted by molar-refractivity contribution is 5.77.